The number of benzene rings is 1. The zero-order valence-electron chi connectivity index (χ0n) is 9.36. The van der Waals surface area contributed by atoms with Crippen LogP contribution < -0.4 is 0 Å². The SMILES string of the molecule is OC(c1cc(Br)c(Cl)s1)c1cc2ccc(F)cc2s1. The highest BCUT2D eigenvalue weighted by Gasteiger charge is 2.17. The van der Waals surface area contributed by atoms with E-state index in [1.54, 1.807) is 6.07 Å². The highest BCUT2D eigenvalue weighted by molar-refractivity contribution is 9.10. The van der Waals surface area contributed by atoms with Crippen LogP contribution in [0.25, 0.3) is 10.1 Å². The Kier molecular flexibility index (Phi) is 3.66. The third kappa shape index (κ3) is 2.58. The minimum Gasteiger partial charge on any atom is -0.382 e. The van der Waals surface area contributed by atoms with Gasteiger partial charge in [0.1, 0.15) is 16.3 Å². The smallest absolute Gasteiger partial charge is 0.124 e. The highest BCUT2D eigenvalue weighted by atomic mass is 79.9. The van der Waals surface area contributed by atoms with Gasteiger partial charge in [0.05, 0.1) is 0 Å². The van der Waals surface area contributed by atoms with E-state index in [-0.39, 0.29) is 5.82 Å². The first-order valence-electron chi connectivity index (χ1n) is 5.36. The first kappa shape index (κ1) is 13.5. The van der Waals surface area contributed by atoms with Crippen LogP contribution in [0, 0.1) is 5.82 Å². The van der Waals surface area contributed by atoms with E-state index in [4.69, 9.17) is 11.6 Å². The van der Waals surface area contributed by atoms with E-state index in [1.165, 1.54) is 34.8 Å². The van der Waals surface area contributed by atoms with Crippen molar-refractivity contribution < 1.29 is 9.50 Å². The lowest BCUT2D eigenvalue weighted by molar-refractivity contribution is 0.228. The average molecular weight is 378 g/mol. The molecule has 6 heteroatoms. The number of hydrogen-bond acceptors (Lipinski definition) is 3. The van der Waals surface area contributed by atoms with Gasteiger partial charge in [0.15, 0.2) is 0 Å². The van der Waals surface area contributed by atoms with Crippen molar-refractivity contribution in [2.75, 3.05) is 0 Å². The zero-order valence-corrected chi connectivity index (χ0v) is 13.3. The molecular formula is C13H7BrClFOS2. The molecular weight excluding hydrogens is 371 g/mol. The first-order chi connectivity index (χ1) is 9.04. The Morgan fingerprint density at radius 1 is 1.16 bits per heavy atom. The molecule has 0 spiro atoms. The van der Waals surface area contributed by atoms with Crippen molar-refractivity contribution in [2.45, 2.75) is 6.10 Å². The summed E-state index contributed by atoms with van der Waals surface area (Å²) < 4.78 is 15.4. The Morgan fingerprint density at radius 3 is 2.58 bits per heavy atom. The Hall–Kier alpha value is -0.460. The molecule has 0 amide bonds. The van der Waals surface area contributed by atoms with Gasteiger partial charge >= 0.3 is 0 Å². The normalized spacial score (nSPS) is 13.1. The van der Waals surface area contributed by atoms with Crippen molar-refractivity contribution in [1.29, 1.82) is 0 Å². The molecule has 1 atom stereocenters. The van der Waals surface area contributed by atoms with Gasteiger partial charge in [0, 0.05) is 18.9 Å². The molecule has 1 unspecified atom stereocenters. The Labute approximate surface area is 130 Å². The number of fused-ring (bicyclic) bond motifs is 1. The molecule has 0 saturated heterocycles. The highest BCUT2D eigenvalue weighted by Crippen LogP contribution is 2.40. The lowest BCUT2D eigenvalue weighted by Crippen LogP contribution is -1.92. The Morgan fingerprint density at radius 2 is 1.89 bits per heavy atom. The third-order valence-corrected chi connectivity index (χ3v) is 6.38. The summed E-state index contributed by atoms with van der Waals surface area (Å²) in [6.45, 7) is 0. The van der Waals surface area contributed by atoms with Crippen LogP contribution in [0.15, 0.2) is 34.8 Å². The van der Waals surface area contributed by atoms with Crippen molar-refractivity contribution in [2.24, 2.45) is 0 Å². The van der Waals surface area contributed by atoms with E-state index in [1.807, 2.05) is 12.1 Å². The molecule has 1 N–H and O–H groups in total. The van der Waals surface area contributed by atoms with Gasteiger partial charge in [-0.2, -0.15) is 0 Å². The van der Waals surface area contributed by atoms with Gasteiger partial charge in [-0.1, -0.05) is 17.7 Å². The lowest BCUT2D eigenvalue weighted by atomic mass is 10.2. The van der Waals surface area contributed by atoms with Crippen molar-refractivity contribution in [1.82, 2.24) is 0 Å². The molecule has 0 bridgehead atoms. The molecule has 2 heterocycles. The molecule has 0 radical (unpaired) electrons. The molecule has 2 aromatic heterocycles. The summed E-state index contributed by atoms with van der Waals surface area (Å²) in [6.07, 6.45) is -0.728. The molecule has 3 rings (SSSR count). The van der Waals surface area contributed by atoms with Gasteiger partial charge in [-0.15, -0.1) is 22.7 Å². The van der Waals surface area contributed by atoms with Gasteiger partial charge in [0.2, 0.25) is 0 Å². The van der Waals surface area contributed by atoms with Crippen LogP contribution in [0.4, 0.5) is 4.39 Å². The number of thiophene rings is 2. The minimum absolute atomic E-state index is 0.266. The van der Waals surface area contributed by atoms with Gasteiger partial charge in [-0.25, -0.2) is 4.39 Å². The Balaban J connectivity index is 2.03. The molecule has 0 aliphatic carbocycles. The van der Waals surface area contributed by atoms with E-state index < -0.39 is 6.10 Å². The lowest BCUT2D eigenvalue weighted by Gasteiger charge is -2.04. The average Bonchev–Trinajstić information content (AvgIpc) is 2.92. The van der Waals surface area contributed by atoms with Crippen LogP contribution in [-0.2, 0) is 0 Å². The fraction of sp³-hybridized carbons (Fsp3) is 0.0769. The molecule has 1 nitrogen and oxygen atoms in total. The number of aliphatic hydroxyl groups is 1. The molecule has 3 aromatic rings. The number of rotatable bonds is 2. The summed E-state index contributed by atoms with van der Waals surface area (Å²) in [5, 5.41) is 11.3. The summed E-state index contributed by atoms with van der Waals surface area (Å²) in [5.41, 5.74) is 0. The largest absolute Gasteiger partial charge is 0.382 e. The van der Waals surface area contributed by atoms with Crippen LogP contribution in [0.1, 0.15) is 15.9 Å². The fourth-order valence-electron chi connectivity index (χ4n) is 1.80. The quantitative estimate of drug-likeness (QED) is 0.616. The third-order valence-electron chi connectivity index (χ3n) is 2.70. The maximum Gasteiger partial charge on any atom is 0.124 e. The molecule has 0 aliphatic rings. The van der Waals surface area contributed by atoms with Gasteiger partial charge in [0.25, 0.3) is 0 Å². The molecule has 0 fully saturated rings. The molecule has 1 aromatic carbocycles. The maximum atomic E-state index is 13.1. The van der Waals surface area contributed by atoms with Crippen LogP contribution >= 0.6 is 50.2 Å². The summed E-state index contributed by atoms with van der Waals surface area (Å²) in [6, 6.07) is 8.31. The summed E-state index contributed by atoms with van der Waals surface area (Å²) >= 11 is 12.0. The van der Waals surface area contributed by atoms with Crippen LogP contribution in [0.5, 0.6) is 0 Å². The molecule has 98 valence electrons. The van der Waals surface area contributed by atoms with Gasteiger partial charge in [-0.05, 0) is 45.6 Å². The van der Waals surface area contributed by atoms with E-state index in [0.29, 0.717) is 4.34 Å². The van der Waals surface area contributed by atoms with Gasteiger partial charge in [-0.3, -0.25) is 0 Å². The second-order valence-corrected chi connectivity index (χ2v) is 7.66. The number of aliphatic hydroxyl groups excluding tert-OH is 1. The topological polar surface area (TPSA) is 20.2 Å². The van der Waals surface area contributed by atoms with E-state index in [0.717, 1.165) is 24.3 Å². The van der Waals surface area contributed by atoms with E-state index in [2.05, 4.69) is 15.9 Å². The number of hydrogen-bond donors (Lipinski definition) is 1. The maximum absolute atomic E-state index is 13.1. The fourth-order valence-corrected chi connectivity index (χ4v) is 4.71. The summed E-state index contributed by atoms with van der Waals surface area (Å²) in [4.78, 5) is 1.55. The molecule has 0 aliphatic heterocycles. The zero-order chi connectivity index (χ0) is 13.6. The van der Waals surface area contributed by atoms with Crippen molar-refractivity contribution in [3.63, 3.8) is 0 Å². The predicted molar refractivity (Wildman–Crippen MR) is 82.9 cm³/mol. The van der Waals surface area contributed by atoms with Crippen molar-refractivity contribution in [3.05, 3.63) is 54.7 Å². The van der Waals surface area contributed by atoms with E-state index in [9.17, 15) is 9.50 Å². The standard InChI is InChI=1S/C13H7BrClFOS2/c14-8-5-11(19-13(8)15)12(17)10-3-6-1-2-7(16)4-9(6)18-10/h1-5,12,17H. The monoisotopic (exact) mass is 376 g/mol. The van der Waals surface area contributed by atoms with Gasteiger partial charge < -0.3 is 5.11 Å². The second-order valence-electron chi connectivity index (χ2n) is 4.00. The summed E-state index contributed by atoms with van der Waals surface area (Å²) in [7, 11) is 0. The van der Waals surface area contributed by atoms with Crippen molar-refractivity contribution in [3.8, 4) is 0 Å². The Bertz CT molecular complexity index is 733. The van der Waals surface area contributed by atoms with E-state index >= 15 is 0 Å². The van der Waals surface area contributed by atoms with Crippen LogP contribution in [0.2, 0.25) is 4.34 Å². The number of halogens is 3. The first-order valence-corrected chi connectivity index (χ1v) is 8.17. The summed E-state index contributed by atoms with van der Waals surface area (Å²) in [5.74, 6) is -0.266. The minimum atomic E-state index is -0.728. The van der Waals surface area contributed by atoms with Crippen molar-refractivity contribution >= 4 is 60.3 Å². The van der Waals surface area contributed by atoms with Crippen LogP contribution in [0.3, 0.4) is 0 Å². The molecule has 19 heavy (non-hydrogen) atoms. The second kappa shape index (κ2) is 5.14. The predicted octanol–water partition coefficient (Wildman–Crippen LogP) is 5.60. The molecule has 0 saturated carbocycles. The van der Waals surface area contributed by atoms with Crippen LogP contribution in [-0.4, -0.2) is 5.11 Å².